The zero-order valence-corrected chi connectivity index (χ0v) is 12.6. The Balaban J connectivity index is 3.04. The summed E-state index contributed by atoms with van der Waals surface area (Å²) in [5.74, 6) is -0.181. The molecule has 2 N–H and O–H groups in total. The molecule has 1 unspecified atom stereocenters. The van der Waals surface area contributed by atoms with E-state index >= 15 is 0 Å². The van der Waals surface area contributed by atoms with Gasteiger partial charge in [-0.05, 0) is 49.4 Å². The van der Waals surface area contributed by atoms with Crippen LogP contribution in [0.15, 0.2) is 18.2 Å². The molecule has 0 aromatic heterocycles. The number of nitrogens with two attached hydrogens (primary N) is 1. The molecule has 19 heavy (non-hydrogen) atoms. The van der Waals surface area contributed by atoms with Crippen molar-refractivity contribution >= 4 is 5.69 Å². The molecule has 0 aliphatic heterocycles. The molecule has 1 atom stereocenters. The molecule has 0 radical (unpaired) electrons. The minimum atomic E-state index is -0.181. The maximum atomic E-state index is 13.5. The number of benzene rings is 1. The van der Waals surface area contributed by atoms with Crippen LogP contribution in [0.25, 0.3) is 0 Å². The second kappa shape index (κ2) is 7.49. The van der Waals surface area contributed by atoms with Gasteiger partial charge in [-0.1, -0.05) is 20.8 Å². The van der Waals surface area contributed by atoms with Gasteiger partial charge in [-0.2, -0.15) is 0 Å². The van der Waals surface area contributed by atoms with Crippen LogP contribution in [-0.2, 0) is 6.42 Å². The number of anilines is 1. The van der Waals surface area contributed by atoms with Crippen LogP contribution in [0.5, 0.6) is 0 Å². The van der Waals surface area contributed by atoms with Crippen molar-refractivity contribution in [3.05, 3.63) is 29.6 Å². The van der Waals surface area contributed by atoms with Gasteiger partial charge >= 0.3 is 0 Å². The van der Waals surface area contributed by atoms with Crippen molar-refractivity contribution in [3.8, 4) is 0 Å². The highest BCUT2D eigenvalue weighted by atomic mass is 19.1. The first-order valence-electron chi connectivity index (χ1n) is 7.30. The Morgan fingerprint density at radius 3 is 2.32 bits per heavy atom. The van der Waals surface area contributed by atoms with Gasteiger partial charge in [0, 0.05) is 24.8 Å². The molecule has 3 heteroatoms. The van der Waals surface area contributed by atoms with E-state index in [4.69, 9.17) is 5.73 Å². The van der Waals surface area contributed by atoms with Crippen LogP contribution in [0.4, 0.5) is 10.1 Å². The molecule has 0 fully saturated rings. The second-order valence-corrected chi connectivity index (χ2v) is 5.23. The summed E-state index contributed by atoms with van der Waals surface area (Å²) in [4.78, 5) is 2.26. The average Bonchev–Trinajstić information content (AvgIpc) is 2.40. The van der Waals surface area contributed by atoms with E-state index in [2.05, 4.69) is 32.7 Å². The molecule has 0 saturated carbocycles. The normalized spacial score (nSPS) is 12.8. The molecule has 1 aromatic rings. The Bertz CT molecular complexity index is 388. The molecule has 0 amide bonds. The molecule has 0 aliphatic rings. The molecule has 2 nitrogen and oxygen atoms in total. The molecule has 1 rings (SSSR count). The zero-order chi connectivity index (χ0) is 14.4. The van der Waals surface area contributed by atoms with Crippen molar-refractivity contribution in [3.63, 3.8) is 0 Å². The first-order valence-corrected chi connectivity index (χ1v) is 7.30. The highest BCUT2D eigenvalue weighted by Gasteiger charge is 2.16. The monoisotopic (exact) mass is 266 g/mol. The summed E-state index contributed by atoms with van der Waals surface area (Å²) in [6, 6.07) is 5.63. The van der Waals surface area contributed by atoms with Crippen LogP contribution >= 0.6 is 0 Å². The van der Waals surface area contributed by atoms with E-state index in [9.17, 15) is 4.39 Å². The largest absolute Gasteiger partial charge is 0.371 e. The summed E-state index contributed by atoms with van der Waals surface area (Å²) in [5.41, 5.74) is 8.15. The van der Waals surface area contributed by atoms with Gasteiger partial charge < -0.3 is 10.6 Å². The van der Waals surface area contributed by atoms with Gasteiger partial charge in [0.15, 0.2) is 0 Å². The first kappa shape index (κ1) is 16.0. The fraction of sp³-hybridized carbons (Fsp3) is 0.625. The standard InChI is InChI=1S/C16H27FN2/c1-5-14(18)11-12-10-13(17)8-9-16(12)19(4)15(6-2)7-3/h8-10,14-15H,5-7,11,18H2,1-4H3. The lowest BCUT2D eigenvalue weighted by Gasteiger charge is -2.31. The number of nitrogens with zero attached hydrogens (tertiary/aromatic N) is 1. The van der Waals surface area contributed by atoms with Gasteiger partial charge in [0.25, 0.3) is 0 Å². The summed E-state index contributed by atoms with van der Waals surface area (Å²) in [6.07, 6.45) is 3.81. The Morgan fingerprint density at radius 1 is 1.16 bits per heavy atom. The highest BCUT2D eigenvalue weighted by molar-refractivity contribution is 5.54. The summed E-state index contributed by atoms with van der Waals surface area (Å²) < 4.78 is 13.5. The molecule has 0 saturated heterocycles. The zero-order valence-electron chi connectivity index (χ0n) is 12.6. The SMILES string of the molecule is CCC(N)Cc1cc(F)ccc1N(C)C(CC)CC. The van der Waals surface area contributed by atoms with E-state index in [0.29, 0.717) is 6.04 Å². The Morgan fingerprint density at radius 2 is 1.79 bits per heavy atom. The van der Waals surface area contributed by atoms with Crippen LogP contribution < -0.4 is 10.6 Å². The third-order valence-electron chi connectivity index (χ3n) is 3.92. The van der Waals surface area contributed by atoms with Crippen LogP contribution in [0.1, 0.15) is 45.6 Å². The fourth-order valence-corrected chi connectivity index (χ4v) is 2.52. The van der Waals surface area contributed by atoms with E-state index < -0.39 is 0 Å². The summed E-state index contributed by atoms with van der Waals surface area (Å²) in [7, 11) is 2.09. The quantitative estimate of drug-likeness (QED) is 0.814. The molecular formula is C16H27FN2. The maximum absolute atomic E-state index is 13.5. The smallest absolute Gasteiger partial charge is 0.123 e. The number of halogens is 1. The van der Waals surface area contributed by atoms with Crippen molar-refractivity contribution < 1.29 is 4.39 Å². The van der Waals surface area contributed by atoms with Crippen LogP contribution in [0.3, 0.4) is 0 Å². The molecule has 0 spiro atoms. The lowest BCUT2D eigenvalue weighted by Crippen LogP contribution is -2.32. The van der Waals surface area contributed by atoms with Crippen LogP contribution in [0, 0.1) is 5.82 Å². The van der Waals surface area contributed by atoms with Gasteiger partial charge in [-0.25, -0.2) is 4.39 Å². The third-order valence-corrected chi connectivity index (χ3v) is 3.92. The van der Waals surface area contributed by atoms with E-state index in [1.165, 1.54) is 6.07 Å². The van der Waals surface area contributed by atoms with E-state index in [1.54, 1.807) is 6.07 Å². The third kappa shape index (κ3) is 4.20. The summed E-state index contributed by atoms with van der Waals surface area (Å²) >= 11 is 0. The van der Waals surface area contributed by atoms with Crippen molar-refractivity contribution in [2.45, 2.75) is 58.5 Å². The second-order valence-electron chi connectivity index (χ2n) is 5.23. The number of rotatable bonds is 7. The van der Waals surface area contributed by atoms with Crippen molar-refractivity contribution in [2.24, 2.45) is 5.73 Å². The number of hydrogen-bond acceptors (Lipinski definition) is 2. The summed E-state index contributed by atoms with van der Waals surface area (Å²) in [5, 5.41) is 0. The highest BCUT2D eigenvalue weighted by Crippen LogP contribution is 2.25. The predicted octanol–water partition coefficient (Wildman–Crippen LogP) is 3.73. The van der Waals surface area contributed by atoms with Crippen molar-refractivity contribution in [1.29, 1.82) is 0 Å². The van der Waals surface area contributed by atoms with Gasteiger partial charge in [-0.3, -0.25) is 0 Å². The Labute approximate surface area is 116 Å². The molecule has 1 aromatic carbocycles. The summed E-state index contributed by atoms with van der Waals surface area (Å²) in [6.45, 7) is 6.44. The lowest BCUT2D eigenvalue weighted by molar-refractivity contribution is 0.581. The lowest BCUT2D eigenvalue weighted by atomic mass is 10.0. The molecule has 0 heterocycles. The van der Waals surface area contributed by atoms with Crippen molar-refractivity contribution in [2.75, 3.05) is 11.9 Å². The van der Waals surface area contributed by atoms with Gasteiger partial charge in [0.2, 0.25) is 0 Å². The van der Waals surface area contributed by atoms with Crippen molar-refractivity contribution in [1.82, 2.24) is 0 Å². The first-order chi connectivity index (χ1) is 9.03. The predicted molar refractivity (Wildman–Crippen MR) is 81.1 cm³/mol. The minimum Gasteiger partial charge on any atom is -0.371 e. The van der Waals surface area contributed by atoms with Gasteiger partial charge in [-0.15, -0.1) is 0 Å². The van der Waals surface area contributed by atoms with E-state index in [-0.39, 0.29) is 11.9 Å². The minimum absolute atomic E-state index is 0.0932. The van der Waals surface area contributed by atoms with E-state index in [0.717, 1.165) is 36.9 Å². The fourth-order valence-electron chi connectivity index (χ4n) is 2.52. The van der Waals surface area contributed by atoms with E-state index in [1.807, 2.05) is 6.07 Å². The Kier molecular flexibility index (Phi) is 6.29. The number of hydrogen-bond donors (Lipinski definition) is 1. The molecule has 0 bridgehead atoms. The topological polar surface area (TPSA) is 29.3 Å². The van der Waals surface area contributed by atoms with Gasteiger partial charge in [0.05, 0.1) is 0 Å². The molecular weight excluding hydrogens is 239 g/mol. The molecule has 108 valence electrons. The van der Waals surface area contributed by atoms with Crippen LogP contribution in [-0.4, -0.2) is 19.1 Å². The van der Waals surface area contributed by atoms with Gasteiger partial charge in [0.1, 0.15) is 5.82 Å². The van der Waals surface area contributed by atoms with Crippen LogP contribution in [0.2, 0.25) is 0 Å². The maximum Gasteiger partial charge on any atom is 0.123 e. The Hall–Kier alpha value is -1.09. The average molecular weight is 266 g/mol. The molecule has 0 aliphatic carbocycles.